The van der Waals surface area contributed by atoms with Gasteiger partial charge in [0.25, 0.3) is 0 Å². The Hall–Kier alpha value is 0. The molecule has 0 bridgehead atoms. The Balaban J connectivity index is 1.87. The fourth-order valence-corrected chi connectivity index (χ4v) is 3.75. The lowest BCUT2D eigenvalue weighted by Gasteiger charge is -2.33. The van der Waals surface area contributed by atoms with E-state index in [1.807, 2.05) is 0 Å². The van der Waals surface area contributed by atoms with E-state index in [0.717, 1.165) is 0 Å². The van der Waals surface area contributed by atoms with Crippen molar-refractivity contribution in [2.75, 3.05) is 0 Å². The quantitative estimate of drug-likeness (QED) is 0.383. The van der Waals surface area contributed by atoms with E-state index in [1.165, 1.54) is 89.9 Å². The summed E-state index contributed by atoms with van der Waals surface area (Å²) in [5.41, 5.74) is 1.25. The molecule has 0 atom stereocenters. The second-order valence-electron chi connectivity index (χ2n) is 8.91. The van der Waals surface area contributed by atoms with Gasteiger partial charge in [0.15, 0.2) is 0 Å². The van der Waals surface area contributed by atoms with Gasteiger partial charge in [0.1, 0.15) is 0 Å². The molecular formula is C20H40. The number of hydrogen-bond donors (Lipinski definition) is 0. The van der Waals surface area contributed by atoms with E-state index in [4.69, 9.17) is 0 Å². The van der Waals surface area contributed by atoms with Crippen LogP contribution in [0.15, 0.2) is 0 Å². The van der Waals surface area contributed by atoms with E-state index in [0.29, 0.717) is 10.8 Å². The average molecular weight is 281 g/mol. The zero-order chi connectivity index (χ0) is 14.9. The molecule has 0 nitrogen and oxygen atoms in total. The van der Waals surface area contributed by atoms with Gasteiger partial charge in [-0.05, 0) is 36.5 Å². The fourth-order valence-electron chi connectivity index (χ4n) is 3.75. The normalized spacial score (nSPS) is 19.2. The molecule has 0 heteroatoms. The molecule has 0 saturated heterocycles. The van der Waals surface area contributed by atoms with Gasteiger partial charge in [-0.2, -0.15) is 0 Å². The van der Waals surface area contributed by atoms with E-state index in [1.54, 1.807) is 0 Å². The van der Waals surface area contributed by atoms with Crippen molar-refractivity contribution in [2.45, 2.75) is 118 Å². The summed E-state index contributed by atoms with van der Waals surface area (Å²) in [6.07, 6.45) is 20.6. The molecule has 20 heavy (non-hydrogen) atoms. The lowest BCUT2D eigenvalue weighted by Crippen LogP contribution is -2.19. The van der Waals surface area contributed by atoms with E-state index in [9.17, 15) is 0 Å². The standard InChI is InChI=1S/C20H40/c1-19(2,3)15-11-8-6-5-7-9-12-16-20(4)17-13-10-14-18-20/h5-18H2,1-4H3. The molecule has 0 heterocycles. The molecule has 0 aromatic rings. The zero-order valence-electron chi connectivity index (χ0n) is 14.9. The summed E-state index contributed by atoms with van der Waals surface area (Å²) in [6, 6.07) is 0. The summed E-state index contributed by atoms with van der Waals surface area (Å²) < 4.78 is 0. The number of hydrogen-bond acceptors (Lipinski definition) is 0. The van der Waals surface area contributed by atoms with Gasteiger partial charge in [-0.1, -0.05) is 91.9 Å². The highest BCUT2D eigenvalue weighted by molar-refractivity contribution is 4.78. The predicted molar refractivity (Wildman–Crippen MR) is 92.2 cm³/mol. The highest BCUT2D eigenvalue weighted by Gasteiger charge is 2.25. The first-order chi connectivity index (χ1) is 9.41. The highest BCUT2D eigenvalue weighted by atomic mass is 14.3. The maximum absolute atomic E-state index is 2.54. The summed E-state index contributed by atoms with van der Waals surface area (Å²) in [7, 11) is 0. The van der Waals surface area contributed by atoms with Crippen LogP contribution >= 0.6 is 0 Å². The lowest BCUT2D eigenvalue weighted by atomic mass is 9.72. The van der Waals surface area contributed by atoms with Crippen LogP contribution in [0.5, 0.6) is 0 Å². The van der Waals surface area contributed by atoms with Crippen molar-refractivity contribution in [1.29, 1.82) is 0 Å². The van der Waals surface area contributed by atoms with Gasteiger partial charge in [0.2, 0.25) is 0 Å². The Labute approximate surface area is 129 Å². The zero-order valence-corrected chi connectivity index (χ0v) is 14.9. The molecule has 0 amide bonds. The molecular weight excluding hydrogens is 240 g/mol. The Morgan fingerprint density at radius 1 is 0.700 bits per heavy atom. The smallest absolute Gasteiger partial charge is 0.0326 e. The van der Waals surface area contributed by atoms with Crippen LogP contribution in [0.1, 0.15) is 118 Å². The van der Waals surface area contributed by atoms with Crippen molar-refractivity contribution in [3.8, 4) is 0 Å². The van der Waals surface area contributed by atoms with E-state index in [-0.39, 0.29) is 0 Å². The summed E-state index contributed by atoms with van der Waals surface area (Å²) in [5, 5.41) is 0. The number of rotatable bonds is 9. The van der Waals surface area contributed by atoms with Crippen molar-refractivity contribution in [2.24, 2.45) is 10.8 Å². The maximum Gasteiger partial charge on any atom is -0.0326 e. The molecule has 0 radical (unpaired) electrons. The summed E-state index contributed by atoms with van der Waals surface area (Å²) in [6.45, 7) is 9.62. The summed E-state index contributed by atoms with van der Waals surface area (Å²) in [5.74, 6) is 0. The van der Waals surface area contributed by atoms with Gasteiger partial charge in [0, 0.05) is 0 Å². The van der Waals surface area contributed by atoms with Gasteiger partial charge < -0.3 is 0 Å². The fraction of sp³-hybridized carbons (Fsp3) is 1.00. The minimum atomic E-state index is 0.537. The number of unbranched alkanes of at least 4 members (excludes halogenated alkanes) is 6. The Morgan fingerprint density at radius 3 is 1.75 bits per heavy atom. The largest absolute Gasteiger partial charge is 0.0602 e. The maximum atomic E-state index is 2.54. The van der Waals surface area contributed by atoms with Crippen LogP contribution in [-0.2, 0) is 0 Å². The molecule has 120 valence electrons. The Kier molecular flexibility index (Phi) is 8.22. The van der Waals surface area contributed by atoms with Crippen molar-refractivity contribution in [3.05, 3.63) is 0 Å². The van der Waals surface area contributed by atoms with E-state index >= 15 is 0 Å². The molecule has 0 aliphatic heterocycles. The molecule has 1 fully saturated rings. The second-order valence-corrected chi connectivity index (χ2v) is 8.91. The van der Waals surface area contributed by atoms with Crippen LogP contribution in [0.25, 0.3) is 0 Å². The van der Waals surface area contributed by atoms with Crippen LogP contribution < -0.4 is 0 Å². The molecule has 1 rings (SSSR count). The van der Waals surface area contributed by atoms with Gasteiger partial charge >= 0.3 is 0 Å². The minimum absolute atomic E-state index is 0.537. The van der Waals surface area contributed by atoms with Crippen LogP contribution in [0.2, 0.25) is 0 Å². The molecule has 0 N–H and O–H groups in total. The molecule has 1 aliphatic carbocycles. The van der Waals surface area contributed by atoms with Crippen molar-refractivity contribution < 1.29 is 0 Å². The molecule has 0 aromatic carbocycles. The monoisotopic (exact) mass is 280 g/mol. The Bertz CT molecular complexity index is 227. The molecule has 0 aromatic heterocycles. The first-order valence-electron chi connectivity index (χ1n) is 9.41. The average Bonchev–Trinajstić information content (AvgIpc) is 2.36. The van der Waals surface area contributed by atoms with Crippen LogP contribution in [-0.4, -0.2) is 0 Å². The first-order valence-corrected chi connectivity index (χ1v) is 9.41. The van der Waals surface area contributed by atoms with Gasteiger partial charge in [-0.15, -0.1) is 0 Å². The third-order valence-electron chi connectivity index (χ3n) is 5.27. The highest BCUT2D eigenvalue weighted by Crippen LogP contribution is 2.40. The molecule has 1 aliphatic rings. The van der Waals surface area contributed by atoms with Gasteiger partial charge in [-0.25, -0.2) is 0 Å². The van der Waals surface area contributed by atoms with E-state index in [2.05, 4.69) is 27.7 Å². The van der Waals surface area contributed by atoms with Gasteiger partial charge in [0.05, 0.1) is 0 Å². The van der Waals surface area contributed by atoms with Crippen LogP contribution in [0, 0.1) is 10.8 Å². The van der Waals surface area contributed by atoms with Crippen molar-refractivity contribution in [3.63, 3.8) is 0 Å². The first kappa shape index (κ1) is 18.1. The van der Waals surface area contributed by atoms with Crippen molar-refractivity contribution in [1.82, 2.24) is 0 Å². The topological polar surface area (TPSA) is 0 Å². The SMILES string of the molecule is CC(C)(C)CCCCCCCCCC1(C)CCCCC1. The third-order valence-corrected chi connectivity index (χ3v) is 5.27. The minimum Gasteiger partial charge on any atom is -0.0602 e. The lowest BCUT2D eigenvalue weighted by molar-refractivity contribution is 0.192. The molecule has 0 spiro atoms. The Morgan fingerprint density at radius 2 is 1.20 bits per heavy atom. The van der Waals surface area contributed by atoms with Crippen LogP contribution in [0.3, 0.4) is 0 Å². The van der Waals surface area contributed by atoms with Gasteiger partial charge in [-0.3, -0.25) is 0 Å². The van der Waals surface area contributed by atoms with E-state index < -0.39 is 0 Å². The summed E-state index contributed by atoms with van der Waals surface area (Å²) in [4.78, 5) is 0. The predicted octanol–water partition coefficient (Wildman–Crippen LogP) is 7.51. The van der Waals surface area contributed by atoms with Crippen molar-refractivity contribution >= 4 is 0 Å². The molecule has 0 unspecified atom stereocenters. The van der Waals surface area contributed by atoms with Crippen LogP contribution in [0.4, 0.5) is 0 Å². The molecule has 1 saturated carbocycles. The summed E-state index contributed by atoms with van der Waals surface area (Å²) >= 11 is 0. The third kappa shape index (κ3) is 9.03. The second kappa shape index (κ2) is 9.11.